The first-order valence-electron chi connectivity index (χ1n) is 9.47. The average molecular weight is 383 g/mol. The first-order valence-corrected chi connectivity index (χ1v) is 10.4. The number of rotatable bonds is 3. The van der Waals surface area contributed by atoms with Crippen LogP contribution in [-0.4, -0.2) is 35.4 Å². The molecule has 1 saturated carbocycles. The van der Waals surface area contributed by atoms with Gasteiger partial charge in [0.2, 0.25) is 5.91 Å². The highest BCUT2D eigenvalue weighted by atomic mass is 32.1. The predicted molar refractivity (Wildman–Crippen MR) is 114 cm³/mol. The number of hydrogen-bond donors (Lipinski definition) is 2. The van der Waals surface area contributed by atoms with Crippen molar-refractivity contribution in [2.24, 2.45) is 28.9 Å². The molecule has 5 nitrogen and oxygen atoms in total. The van der Waals surface area contributed by atoms with Gasteiger partial charge in [-0.15, -0.1) is 11.3 Å². The second-order valence-corrected chi connectivity index (χ2v) is 8.39. The van der Waals surface area contributed by atoms with E-state index in [4.69, 9.17) is 0 Å². The van der Waals surface area contributed by atoms with Gasteiger partial charge >= 0.3 is 0 Å². The van der Waals surface area contributed by atoms with Crippen molar-refractivity contribution in [2.75, 3.05) is 25.0 Å². The van der Waals surface area contributed by atoms with E-state index in [0.29, 0.717) is 12.0 Å². The molecule has 0 radical (unpaired) electrons. The Morgan fingerprint density at radius 2 is 1.88 bits per heavy atom. The standard InChI is InChI=1S/C12H17N3OS.C4H10.C2H5N.C2H6/c1-12(2)8-6-15(7-9(8)12)10(16)5-14-11-13-3-4-17-11;1-4(2)3;1-2-3;1-2/h3-4,8-9H,5-7H2,1-2H3,(H,13,14);4H,1-3H3;2H,1,3H2;1-2H3. The largest absolute Gasteiger partial charge is 0.405 e. The van der Waals surface area contributed by atoms with Gasteiger partial charge in [-0.2, -0.15) is 0 Å². The Hall–Kier alpha value is -1.56. The zero-order chi connectivity index (χ0) is 20.3. The number of fused-ring (bicyclic) bond motifs is 1. The van der Waals surface area contributed by atoms with Crippen LogP contribution >= 0.6 is 11.3 Å². The Morgan fingerprint density at radius 3 is 2.27 bits per heavy atom. The number of aromatic nitrogens is 1. The van der Waals surface area contributed by atoms with Crippen molar-refractivity contribution in [3.05, 3.63) is 24.4 Å². The fraction of sp³-hybridized carbons (Fsp3) is 0.700. The molecule has 2 atom stereocenters. The van der Waals surface area contributed by atoms with Gasteiger partial charge in [-0.25, -0.2) is 4.98 Å². The summed E-state index contributed by atoms with van der Waals surface area (Å²) in [6, 6.07) is 0. The van der Waals surface area contributed by atoms with E-state index in [1.54, 1.807) is 6.20 Å². The van der Waals surface area contributed by atoms with Gasteiger partial charge in [0.1, 0.15) is 0 Å². The van der Waals surface area contributed by atoms with Gasteiger partial charge in [0, 0.05) is 24.7 Å². The van der Waals surface area contributed by atoms with Crippen molar-refractivity contribution >= 4 is 22.4 Å². The van der Waals surface area contributed by atoms with Crippen molar-refractivity contribution < 1.29 is 4.79 Å². The van der Waals surface area contributed by atoms with Gasteiger partial charge in [-0.05, 0) is 29.4 Å². The van der Waals surface area contributed by atoms with Crippen LogP contribution in [-0.2, 0) is 4.79 Å². The summed E-state index contributed by atoms with van der Waals surface area (Å²) in [5.74, 6) is 2.49. The molecule has 3 rings (SSSR count). The monoisotopic (exact) mass is 382 g/mol. The molecule has 1 saturated heterocycles. The van der Waals surface area contributed by atoms with Crippen LogP contribution < -0.4 is 11.1 Å². The lowest BCUT2D eigenvalue weighted by atomic mass is 10.1. The maximum Gasteiger partial charge on any atom is 0.241 e. The number of piperidine rings is 1. The molecule has 26 heavy (non-hydrogen) atoms. The number of amides is 1. The highest BCUT2D eigenvalue weighted by Gasteiger charge is 2.62. The minimum absolute atomic E-state index is 0.197. The number of carbonyl (C=O) groups is 1. The lowest BCUT2D eigenvalue weighted by Crippen LogP contribution is -2.36. The third kappa shape index (κ3) is 7.77. The molecule has 1 amide bonds. The van der Waals surface area contributed by atoms with E-state index in [1.165, 1.54) is 17.5 Å². The molecule has 2 unspecified atom stereocenters. The first-order chi connectivity index (χ1) is 12.2. The van der Waals surface area contributed by atoms with Crippen molar-refractivity contribution in [3.8, 4) is 0 Å². The second kappa shape index (κ2) is 11.9. The van der Waals surface area contributed by atoms with Crippen LogP contribution in [0.25, 0.3) is 0 Å². The Bertz CT molecular complexity index is 497. The number of thiazole rings is 1. The molecule has 6 heteroatoms. The molecule has 1 aliphatic carbocycles. The number of hydrogen-bond acceptors (Lipinski definition) is 5. The summed E-state index contributed by atoms with van der Waals surface area (Å²) in [7, 11) is 0. The molecule has 1 aromatic rings. The highest BCUT2D eigenvalue weighted by molar-refractivity contribution is 7.13. The quantitative estimate of drug-likeness (QED) is 0.810. The molecule has 2 heterocycles. The fourth-order valence-corrected chi connectivity index (χ4v) is 3.44. The van der Waals surface area contributed by atoms with Crippen LogP contribution in [0.5, 0.6) is 0 Å². The van der Waals surface area contributed by atoms with Crippen LogP contribution in [0, 0.1) is 23.2 Å². The average Bonchev–Trinajstić information content (AvgIpc) is 3.08. The fourth-order valence-electron chi connectivity index (χ4n) is 2.91. The molecule has 3 N–H and O–H groups in total. The maximum absolute atomic E-state index is 12.0. The molecular formula is C20H38N4OS. The van der Waals surface area contributed by atoms with E-state index < -0.39 is 0 Å². The summed E-state index contributed by atoms with van der Waals surface area (Å²) in [6.45, 7) is 20.5. The number of likely N-dealkylation sites (tertiary alicyclic amines) is 1. The number of carbonyl (C=O) groups excluding carboxylic acids is 1. The van der Waals surface area contributed by atoms with Gasteiger partial charge in [-0.1, -0.05) is 55.0 Å². The lowest BCUT2D eigenvalue weighted by molar-refractivity contribution is -0.129. The molecule has 1 aromatic heterocycles. The topological polar surface area (TPSA) is 71.2 Å². The summed E-state index contributed by atoms with van der Waals surface area (Å²) >= 11 is 1.52. The first kappa shape index (κ1) is 24.4. The molecule has 0 bridgehead atoms. The minimum Gasteiger partial charge on any atom is -0.405 e. The summed E-state index contributed by atoms with van der Waals surface area (Å²) in [6.07, 6.45) is 2.99. The van der Waals surface area contributed by atoms with Crippen molar-refractivity contribution in [1.82, 2.24) is 9.88 Å². The Balaban J connectivity index is 0.000000594. The van der Waals surface area contributed by atoms with Crippen LogP contribution in [0.2, 0.25) is 0 Å². The molecule has 2 aliphatic rings. The van der Waals surface area contributed by atoms with Crippen LogP contribution in [0.4, 0.5) is 5.13 Å². The maximum atomic E-state index is 12.0. The molecule has 1 aliphatic heterocycles. The van der Waals surface area contributed by atoms with E-state index in [2.05, 4.69) is 57.2 Å². The van der Waals surface area contributed by atoms with E-state index in [1.807, 2.05) is 24.1 Å². The third-order valence-corrected chi connectivity index (χ3v) is 5.03. The second-order valence-electron chi connectivity index (χ2n) is 7.49. The van der Waals surface area contributed by atoms with Crippen molar-refractivity contribution in [3.63, 3.8) is 0 Å². The van der Waals surface area contributed by atoms with Gasteiger partial charge in [0.25, 0.3) is 0 Å². The van der Waals surface area contributed by atoms with Gasteiger partial charge < -0.3 is 16.0 Å². The predicted octanol–water partition coefficient (Wildman–Crippen LogP) is 4.45. The van der Waals surface area contributed by atoms with Crippen LogP contribution in [0.1, 0.15) is 48.5 Å². The summed E-state index contributed by atoms with van der Waals surface area (Å²) in [5, 5.41) is 5.79. The number of nitrogens with two attached hydrogens (primary N) is 1. The molecule has 2 fully saturated rings. The normalized spacial score (nSPS) is 21.0. The minimum atomic E-state index is 0.197. The summed E-state index contributed by atoms with van der Waals surface area (Å²) < 4.78 is 0. The zero-order valence-electron chi connectivity index (χ0n) is 17.6. The number of nitrogens with zero attached hydrogens (tertiary/aromatic N) is 2. The smallest absolute Gasteiger partial charge is 0.241 e. The molecule has 0 aromatic carbocycles. The van der Waals surface area contributed by atoms with Gasteiger partial charge in [-0.3, -0.25) is 4.79 Å². The van der Waals surface area contributed by atoms with Crippen molar-refractivity contribution in [1.29, 1.82) is 0 Å². The van der Waals surface area contributed by atoms with Crippen LogP contribution in [0.3, 0.4) is 0 Å². The van der Waals surface area contributed by atoms with E-state index in [-0.39, 0.29) is 5.91 Å². The Kier molecular flexibility index (Phi) is 11.2. The summed E-state index contributed by atoms with van der Waals surface area (Å²) in [5.41, 5.74) is 5.08. The van der Waals surface area contributed by atoms with Gasteiger partial charge in [0.15, 0.2) is 5.13 Å². The highest BCUT2D eigenvalue weighted by Crippen LogP contribution is 2.61. The van der Waals surface area contributed by atoms with E-state index in [0.717, 1.165) is 36.0 Å². The Labute approximate surface area is 164 Å². The molecule has 0 spiro atoms. The Morgan fingerprint density at radius 1 is 1.42 bits per heavy atom. The zero-order valence-corrected chi connectivity index (χ0v) is 18.4. The van der Waals surface area contributed by atoms with Crippen molar-refractivity contribution in [2.45, 2.75) is 48.5 Å². The number of nitrogens with one attached hydrogen (secondary N) is 1. The number of anilines is 1. The van der Waals surface area contributed by atoms with E-state index >= 15 is 0 Å². The third-order valence-electron chi connectivity index (χ3n) is 4.30. The lowest BCUT2D eigenvalue weighted by Gasteiger charge is -2.22. The van der Waals surface area contributed by atoms with E-state index in [9.17, 15) is 4.79 Å². The summed E-state index contributed by atoms with van der Waals surface area (Å²) in [4.78, 5) is 18.0. The van der Waals surface area contributed by atoms with Gasteiger partial charge in [0.05, 0.1) is 6.54 Å². The van der Waals surface area contributed by atoms with Crippen LogP contribution in [0.15, 0.2) is 24.4 Å². The molecule has 150 valence electrons. The SMILES string of the molecule is C=CN.CC.CC(C)C.CC1(C)C2CN(C(=O)CNc3nccs3)CC21. The molecular weight excluding hydrogens is 344 g/mol.